The number of ether oxygens (including phenoxy) is 2. The molecule has 7 nitrogen and oxygen atoms in total. The molecule has 2 aromatic carbocycles. The van der Waals surface area contributed by atoms with Crippen LogP contribution in [0.25, 0.3) is 11.1 Å². The summed E-state index contributed by atoms with van der Waals surface area (Å²) in [7, 11) is 1.30. The topological polar surface area (TPSA) is 93.7 Å². The molecule has 0 unspecified atom stereocenters. The summed E-state index contributed by atoms with van der Waals surface area (Å²) in [5, 5.41) is 5.60. The van der Waals surface area contributed by atoms with Gasteiger partial charge in [0, 0.05) is 6.42 Å². The molecular weight excluding hydrogens is 432 g/mol. The normalized spacial score (nSPS) is 15.8. The van der Waals surface area contributed by atoms with Crippen molar-refractivity contribution < 1.29 is 23.9 Å². The Labute approximate surface area is 201 Å². The van der Waals surface area contributed by atoms with Crippen molar-refractivity contribution in [3.05, 3.63) is 60.2 Å². The van der Waals surface area contributed by atoms with E-state index < -0.39 is 35.2 Å². The van der Waals surface area contributed by atoms with Gasteiger partial charge in [0.05, 0.1) is 7.11 Å². The Morgan fingerprint density at radius 3 is 2.09 bits per heavy atom. The van der Waals surface area contributed by atoms with Crippen LogP contribution in [0.3, 0.4) is 0 Å². The summed E-state index contributed by atoms with van der Waals surface area (Å²) in [6.07, 6.45) is 2.20. The number of carbonyl (C=O) groups is 3. The number of amides is 2. The van der Waals surface area contributed by atoms with Crippen molar-refractivity contribution in [2.75, 3.05) is 7.11 Å². The second kappa shape index (κ2) is 10.7. The fourth-order valence-electron chi connectivity index (χ4n) is 4.22. The van der Waals surface area contributed by atoms with E-state index in [0.717, 1.165) is 29.5 Å². The average Bonchev–Trinajstić information content (AvgIpc) is 3.27. The standard InChI is InChI=1S/C27H34N2O5/c1-26(2,3)34-25(32)29-27(16-8-9-17-27)24(31)28-22(23(30)33-4)18-19-12-14-21(15-13-19)20-10-6-5-7-11-20/h5-7,10-15,22H,8-9,16-18H2,1-4H3,(H,28,31)(H,29,32)/t22-/m0/s1. The molecule has 2 N–H and O–H groups in total. The second-order valence-electron chi connectivity index (χ2n) is 9.73. The van der Waals surface area contributed by atoms with Gasteiger partial charge in [-0.15, -0.1) is 0 Å². The molecular formula is C27H34N2O5. The van der Waals surface area contributed by atoms with Crippen LogP contribution < -0.4 is 10.6 Å². The summed E-state index contributed by atoms with van der Waals surface area (Å²) in [4.78, 5) is 38.3. The van der Waals surface area contributed by atoms with E-state index in [0.29, 0.717) is 12.8 Å². The highest BCUT2D eigenvalue weighted by Gasteiger charge is 2.44. The van der Waals surface area contributed by atoms with Crippen LogP contribution in [0.2, 0.25) is 0 Å². The van der Waals surface area contributed by atoms with Gasteiger partial charge in [-0.2, -0.15) is 0 Å². The van der Waals surface area contributed by atoms with Gasteiger partial charge in [0.1, 0.15) is 17.2 Å². The molecule has 0 aliphatic heterocycles. The van der Waals surface area contributed by atoms with Crippen molar-refractivity contribution in [3.63, 3.8) is 0 Å². The van der Waals surface area contributed by atoms with Crippen LogP contribution in [-0.2, 0) is 25.5 Å². The van der Waals surface area contributed by atoms with Crippen molar-refractivity contribution >= 4 is 18.0 Å². The average molecular weight is 467 g/mol. The monoisotopic (exact) mass is 466 g/mol. The van der Waals surface area contributed by atoms with Gasteiger partial charge in [0.2, 0.25) is 5.91 Å². The fraction of sp³-hybridized carbons (Fsp3) is 0.444. The van der Waals surface area contributed by atoms with E-state index in [-0.39, 0.29) is 6.42 Å². The number of carbonyl (C=O) groups excluding carboxylic acids is 3. The summed E-state index contributed by atoms with van der Waals surface area (Å²) in [5.74, 6) is -0.932. The lowest BCUT2D eigenvalue weighted by Gasteiger charge is -2.32. The SMILES string of the molecule is COC(=O)[C@H](Cc1ccc(-c2ccccc2)cc1)NC(=O)C1(NC(=O)OC(C)(C)C)CCCC1. The largest absolute Gasteiger partial charge is 0.467 e. The Balaban J connectivity index is 1.73. The van der Waals surface area contributed by atoms with E-state index in [1.54, 1.807) is 20.8 Å². The first-order valence-electron chi connectivity index (χ1n) is 11.7. The minimum Gasteiger partial charge on any atom is -0.467 e. The third-order valence-electron chi connectivity index (χ3n) is 5.92. The number of rotatable bonds is 7. The van der Waals surface area contributed by atoms with Gasteiger partial charge in [-0.25, -0.2) is 9.59 Å². The van der Waals surface area contributed by atoms with E-state index in [9.17, 15) is 14.4 Å². The zero-order chi connectivity index (χ0) is 24.8. The first kappa shape index (κ1) is 25.3. The van der Waals surface area contributed by atoms with Crippen molar-refractivity contribution in [2.24, 2.45) is 0 Å². The fourth-order valence-corrected chi connectivity index (χ4v) is 4.22. The molecule has 0 aromatic heterocycles. The molecule has 1 aliphatic rings. The number of hydrogen-bond acceptors (Lipinski definition) is 5. The van der Waals surface area contributed by atoms with Crippen molar-refractivity contribution in [1.82, 2.24) is 10.6 Å². The maximum atomic E-state index is 13.3. The minimum absolute atomic E-state index is 0.274. The Bertz CT molecular complexity index is 990. The molecule has 0 heterocycles. The van der Waals surface area contributed by atoms with Crippen LogP contribution in [-0.4, -0.2) is 42.3 Å². The van der Waals surface area contributed by atoms with Gasteiger partial charge >= 0.3 is 12.1 Å². The van der Waals surface area contributed by atoms with E-state index in [2.05, 4.69) is 10.6 Å². The molecule has 182 valence electrons. The highest BCUT2D eigenvalue weighted by Crippen LogP contribution is 2.31. The molecule has 0 spiro atoms. The van der Waals surface area contributed by atoms with Crippen LogP contribution in [0.4, 0.5) is 4.79 Å². The van der Waals surface area contributed by atoms with Crippen molar-refractivity contribution in [2.45, 2.75) is 70.1 Å². The van der Waals surface area contributed by atoms with E-state index in [1.165, 1.54) is 7.11 Å². The lowest BCUT2D eigenvalue weighted by molar-refractivity contribution is -0.145. The first-order chi connectivity index (χ1) is 16.1. The molecule has 1 aliphatic carbocycles. The number of esters is 1. The van der Waals surface area contributed by atoms with Gasteiger partial charge < -0.3 is 20.1 Å². The second-order valence-corrected chi connectivity index (χ2v) is 9.73. The molecule has 1 saturated carbocycles. The lowest BCUT2D eigenvalue weighted by Crippen LogP contribution is -2.60. The third-order valence-corrected chi connectivity index (χ3v) is 5.92. The van der Waals surface area contributed by atoms with Crippen LogP contribution in [0.5, 0.6) is 0 Å². The van der Waals surface area contributed by atoms with Crippen molar-refractivity contribution in [3.8, 4) is 11.1 Å². The quantitative estimate of drug-likeness (QED) is 0.590. The summed E-state index contributed by atoms with van der Waals surface area (Å²) in [5.41, 5.74) is 1.26. The third kappa shape index (κ3) is 6.59. The molecule has 7 heteroatoms. The van der Waals surface area contributed by atoms with Gasteiger partial charge in [0.25, 0.3) is 0 Å². The predicted octanol–water partition coefficient (Wildman–Crippen LogP) is 4.39. The summed E-state index contributed by atoms with van der Waals surface area (Å²) >= 11 is 0. The minimum atomic E-state index is -1.11. The molecule has 34 heavy (non-hydrogen) atoms. The Morgan fingerprint density at radius 2 is 1.53 bits per heavy atom. The first-order valence-corrected chi connectivity index (χ1v) is 11.7. The Morgan fingerprint density at radius 1 is 0.941 bits per heavy atom. The lowest BCUT2D eigenvalue weighted by atomic mass is 9.95. The molecule has 0 bridgehead atoms. The van der Waals surface area contributed by atoms with E-state index in [4.69, 9.17) is 9.47 Å². The van der Waals surface area contributed by atoms with Crippen LogP contribution in [0.15, 0.2) is 54.6 Å². The molecule has 1 fully saturated rings. The van der Waals surface area contributed by atoms with Crippen LogP contribution >= 0.6 is 0 Å². The molecule has 0 saturated heterocycles. The van der Waals surface area contributed by atoms with Crippen LogP contribution in [0, 0.1) is 0 Å². The maximum absolute atomic E-state index is 13.3. The zero-order valence-corrected chi connectivity index (χ0v) is 20.4. The Hall–Kier alpha value is -3.35. The van der Waals surface area contributed by atoms with Gasteiger partial charge in [-0.3, -0.25) is 4.79 Å². The molecule has 3 rings (SSSR count). The highest BCUT2D eigenvalue weighted by molar-refractivity contribution is 5.93. The zero-order valence-electron chi connectivity index (χ0n) is 20.4. The van der Waals surface area contributed by atoms with E-state index >= 15 is 0 Å². The summed E-state index contributed by atoms with van der Waals surface area (Å²) in [6.45, 7) is 5.30. The number of nitrogens with one attached hydrogen (secondary N) is 2. The van der Waals surface area contributed by atoms with E-state index in [1.807, 2.05) is 54.6 Å². The number of alkyl carbamates (subject to hydrolysis) is 1. The van der Waals surface area contributed by atoms with Crippen LogP contribution in [0.1, 0.15) is 52.0 Å². The number of hydrogen-bond donors (Lipinski definition) is 2. The summed E-state index contributed by atoms with van der Waals surface area (Å²) < 4.78 is 10.3. The summed E-state index contributed by atoms with van der Waals surface area (Å²) in [6, 6.07) is 17.0. The van der Waals surface area contributed by atoms with Gasteiger partial charge in [-0.05, 0) is 50.3 Å². The molecule has 2 aromatic rings. The van der Waals surface area contributed by atoms with Crippen molar-refractivity contribution in [1.29, 1.82) is 0 Å². The number of methoxy groups -OCH3 is 1. The predicted molar refractivity (Wildman–Crippen MR) is 130 cm³/mol. The maximum Gasteiger partial charge on any atom is 0.408 e. The Kier molecular flexibility index (Phi) is 7.97. The number of benzene rings is 2. The smallest absolute Gasteiger partial charge is 0.408 e. The highest BCUT2D eigenvalue weighted by atomic mass is 16.6. The molecule has 2 amide bonds. The van der Waals surface area contributed by atoms with Gasteiger partial charge in [0.15, 0.2) is 0 Å². The molecule has 1 atom stereocenters. The van der Waals surface area contributed by atoms with Gasteiger partial charge in [-0.1, -0.05) is 67.4 Å². The molecule has 0 radical (unpaired) electrons.